The molecule has 3 aromatic rings. The van der Waals surface area contributed by atoms with E-state index in [1.54, 1.807) is 31.5 Å². The number of nitrogens with zero attached hydrogens (tertiary/aromatic N) is 1. The Kier molecular flexibility index (Phi) is 10.1. The van der Waals surface area contributed by atoms with Gasteiger partial charge in [0, 0.05) is 21.4 Å². The number of carbonyl (C=O) groups excluding carboxylic acids is 1. The molecule has 0 unspecified atom stereocenters. The lowest BCUT2D eigenvalue weighted by atomic mass is 10.2. The van der Waals surface area contributed by atoms with Gasteiger partial charge in [-0.15, -0.1) is 11.8 Å². The Bertz CT molecular complexity index is 1170. The summed E-state index contributed by atoms with van der Waals surface area (Å²) >= 11 is 17.2. The highest BCUT2D eigenvalue weighted by molar-refractivity contribution is 9.10. The van der Waals surface area contributed by atoms with Crippen molar-refractivity contribution in [3.05, 3.63) is 91.4 Å². The molecule has 0 bridgehead atoms. The van der Waals surface area contributed by atoms with Crippen LogP contribution in [-0.4, -0.2) is 25.0 Å². The quantitative estimate of drug-likeness (QED) is 0.206. The number of hydrogen-bond acceptors (Lipinski definition) is 5. The van der Waals surface area contributed by atoms with E-state index in [2.05, 4.69) is 57.6 Å². The first kappa shape index (κ1) is 26.4. The topological polar surface area (TPSA) is 59.9 Å². The van der Waals surface area contributed by atoms with Gasteiger partial charge in [0.05, 0.1) is 23.5 Å². The van der Waals surface area contributed by atoms with Crippen LogP contribution in [0.5, 0.6) is 11.5 Å². The van der Waals surface area contributed by atoms with E-state index in [1.807, 2.05) is 12.1 Å². The highest BCUT2D eigenvalue weighted by atomic mass is 79.9. The molecule has 1 amide bonds. The van der Waals surface area contributed by atoms with Gasteiger partial charge in [-0.05, 0) is 58.2 Å². The molecule has 0 atom stereocenters. The van der Waals surface area contributed by atoms with Crippen LogP contribution >= 0.6 is 50.9 Å². The maximum Gasteiger partial charge on any atom is 0.250 e. The summed E-state index contributed by atoms with van der Waals surface area (Å²) in [6, 6.07) is 17.1. The van der Waals surface area contributed by atoms with Gasteiger partial charge in [0.25, 0.3) is 0 Å². The summed E-state index contributed by atoms with van der Waals surface area (Å²) in [4.78, 5) is 12.1. The summed E-state index contributed by atoms with van der Waals surface area (Å²) in [5.41, 5.74) is 6.48. The van der Waals surface area contributed by atoms with Crippen LogP contribution in [0.1, 0.15) is 22.3 Å². The molecule has 0 aliphatic heterocycles. The van der Waals surface area contributed by atoms with Crippen LogP contribution in [0.2, 0.25) is 10.0 Å². The number of methoxy groups -OCH3 is 1. The van der Waals surface area contributed by atoms with E-state index in [-0.39, 0.29) is 12.5 Å². The molecule has 3 rings (SSSR count). The van der Waals surface area contributed by atoms with E-state index in [4.69, 9.17) is 32.7 Å². The average molecular weight is 582 g/mol. The molecule has 0 saturated carbocycles. The summed E-state index contributed by atoms with van der Waals surface area (Å²) in [5.74, 6) is 1.96. The predicted octanol–water partition coefficient (Wildman–Crippen LogP) is 7.04. The van der Waals surface area contributed by atoms with E-state index in [0.717, 1.165) is 16.9 Å². The molecule has 0 aromatic heterocycles. The number of benzene rings is 3. The molecule has 9 heteroatoms. The van der Waals surface area contributed by atoms with Gasteiger partial charge in [0.2, 0.25) is 5.91 Å². The monoisotopic (exact) mass is 580 g/mol. The maximum absolute atomic E-state index is 12.1. The fourth-order valence-corrected chi connectivity index (χ4v) is 4.72. The number of rotatable bonds is 10. The Morgan fingerprint density at radius 1 is 1.15 bits per heavy atom. The van der Waals surface area contributed by atoms with Gasteiger partial charge < -0.3 is 9.47 Å². The average Bonchev–Trinajstić information content (AvgIpc) is 2.80. The van der Waals surface area contributed by atoms with Crippen molar-refractivity contribution in [2.24, 2.45) is 5.10 Å². The fourth-order valence-electron chi connectivity index (χ4n) is 2.90. The van der Waals surface area contributed by atoms with Crippen molar-refractivity contribution < 1.29 is 14.3 Å². The first-order chi connectivity index (χ1) is 16.4. The van der Waals surface area contributed by atoms with Crippen molar-refractivity contribution >= 4 is 63.0 Å². The third kappa shape index (κ3) is 7.94. The molecule has 0 aliphatic rings. The molecule has 0 saturated heterocycles. The fraction of sp³-hybridized carbons (Fsp3) is 0.200. The molecule has 1 N–H and O–H groups in total. The van der Waals surface area contributed by atoms with Crippen LogP contribution in [0, 0.1) is 6.92 Å². The van der Waals surface area contributed by atoms with Crippen LogP contribution in [0.3, 0.4) is 0 Å². The maximum atomic E-state index is 12.1. The smallest absolute Gasteiger partial charge is 0.250 e. The van der Waals surface area contributed by atoms with E-state index in [1.165, 1.54) is 22.9 Å². The minimum atomic E-state index is -0.167. The zero-order valence-corrected chi connectivity index (χ0v) is 22.5. The zero-order valence-electron chi connectivity index (χ0n) is 18.6. The summed E-state index contributed by atoms with van der Waals surface area (Å²) in [6.45, 7) is 2.29. The first-order valence-corrected chi connectivity index (χ1v) is 13.0. The van der Waals surface area contributed by atoms with Gasteiger partial charge in [0.1, 0.15) is 6.61 Å². The lowest BCUT2D eigenvalue weighted by molar-refractivity contribution is -0.118. The number of amides is 1. The second-order valence-electron chi connectivity index (χ2n) is 7.33. The number of hydrazone groups is 1. The number of halogens is 3. The van der Waals surface area contributed by atoms with Gasteiger partial charge >= 0.3 is 0 Å². The Labute approximate surface area is 222 Å². The molecule has 3 aromatic carbocycles. The van der Waals surface area contributed by atoms with E-state index in [0.29, 0.717) is 31.8 Å². The second kappa shape index (κ2) is 13.0. The van der Waals surface area contributed by atoms with Crippen molar-refractivity contribution in [3.63, 3.8) is 0 Å². The third-order valence-corrected chi connectivity index (χ3v) is 6.84. The SMILES string of the molecule is COc1cc(/C=N/NC(=O)CSCc2ccc(C)cc2)cc(Br)c1OCc1ccc(Cl)cc1Cl. The zero-order chi connectivity index (χ0) is 24.5. The van der Waals surface area contributed by atoms with Crippen LogP contribution in [-0.2, 0) is 17.2 Å². The largest absolute Gasteiger partial charge is 0.493 e. The summed E-state index contributed by atoms with van der Waals surface area (Å²) < 4.78 is 12.1. The molecule has 0 spiro atoms. The predicted molar refractivity (Wildman–Crippen MR) is 145 cm³/mol. The van der Waals surface area contributed by atoms with Crippen molar-refractivity contribution in [2.45, 2.75) is 19.3 Å². The van der Waals surface area contributed by atoms with Crippen LogP contribution in [0.25, 0.3) is 0 Å². The minimum Gasteiger partial charge on any atom is -0.493 e. The van der Waals surface area contributed by atoms with Crippen LogP contribution < -0.4 is 14.9 Å². The third-order valence-electron chi connectivity index (χ3n) is 4.66. The van der Waals surface area contributed by atoms with Gasteiger partial charge in [0.15, 0.2) is 11.5 Å². The molecular weight excluding hydrogens is 559 g/mol. The number of ether oxygens (including phenoxy) is 2. The van der Waals surface area contributed by atoms with Crippen LogP contribution in [0.4, 0.5) is 0 Å². The standard InChI is InChI=1S/C25H23BrCl2N2O3S/c1-16-3-5-17(6-4-16)14-34-15-24(31)30-29-12-18-9-21(26)25(23(10-18)32-2)33-13-19-7-8-20(27)11-22(19)28/h3-12H,13-15H2,1-2H3,(H,30,31)/b29-12+. The second-order valence-corrected chi connectivity index (χ2v) is 10.0. The number of aryl methyl sites for hydroxylation is 1. The van der Waals surface area contributed by atoms with Crippen molar-refractivity contribution in [1.29, 1.82) is 0 Å². The lowest BCUT2D eigenvalue weighted by Gasteiger charge is -2.14. The van der Waals surface area contributed by atoms with E-state index >= 15 is 0 Å². The number of nitrogens with one attached hydrogen (secondary N) is 1. The molecule has 0 fully saturated rings. The summed E-state index contributed by atoms with van der Waals surface area (Å²) in [7, 11) is 1.55. The summed E-state index contributed by atoms with van der Waals surface area (Å²) in [5, 5.41) is 5.14. The molecule has 34 heavy (non-hydrogen) atoms. The van der Waals surface area contributed by atoms with Crippen molar-refractivity contribution in [3.8, 4) is 11.5 Å². The highest BCUT2D eigenvalue weighted by Gasteiger charge is 2.13. The van der Waals surface area contributed by atoms with Gasteiger partial charge in [-0.1, -0.05) is 59.1 Å². The molecule has 0 radical (unpaired) electrons. The number of carbonyl (C=O) groups is 1. The number of thioether (sulfide) groups is 1. The van der Waals surface area contributed by atoms with Crippen LogP contribution in [0.15, 0.2) is 64.2 Å². The summed E-state index contributed by atoms with van der Waals surface area (Å²) in [6.07, 6.45) is 1.55. The van der Waals surface area contributed by atoms with Crippen molar-refractivity contribution in [2.75, 3.05) is 12.9 Å². The molecule has 0 aliphatic carbocycles. The molecule has 5 nitrogen and oxygen atoms in total. The number of hydrogen-bond donors (Lipinski definition) is 1. The Balaban J connectivity index is 1.54. The van der Waals surface area contributed by atoms with E-state index in [9.17, 15) is 4.79 Å². The normalized spacial score (nSPS) is 11.0. The Morgan fingerprint density at radius 2 is 1.91 bits per heavy atom. The first-order valence-electron chi connectivity index (χ1n) is 10.2. The van der Waals surface area contributed by atoms with Crippen molar-refractivity contribution in [1.82, 2.24) is 5.43 Å². The Hall–Kier alpha value is -2.19. The van der Waals surface area contributed by atoms with Gasteiger partial charge in [-0.2, -0.15) is 5.10 Å². The molecule has 178 valence electrons. The van der Waals surface area contributed by atoms with Gasteiger partial charge in [-0.3, -0.25) is 4.79 Å². The van der Waals surface area contributed by atoms with E-state index < -0.39 is 0 Å². The highest BCUT2D eigenvalue weighted by Crippen LogP contribution is 2.37. The Morgan fingerprint density at radius 3 is 2.62 bits per heavy atom. The molecule has 0 heterocycles. The molecular formula is C25H23BrCl2N2O3S. The minimum absolute atomic E-state index is 0.167. The van der Waals surface area contributed by atoms with Gasteiger partial charge in [-0.25, -0.2) is 5.43 Å². The lowest BCUT2D eigenvalue weighted by Crippen LogP contribution is -2.19.